The number of rotatable bonds is 2. The van der Waals surface area contributed by atoms with Crippen LogP contribution in [0.2, 0.25) is 0 Å². The van der Waals surface area contributed by atoms with E-state index >= 15 is 0 Å². The van der Waals surface area contributed by atoms with Crippen LogP contribution in [-0.4, -0.2) is 10.4 Å². The minimum atomic E-state index is -4.92. The molecule has 0 N–H and O–H groups in total. The summed E-state index contributed by atoms with van der Waals surface area (Å²) in [6.07, 6.45) is 0. The number of alkyl halides is 3. The predicted molar refractivity (Wildman–Crippen MR) is 44.9 cm³/mol. The zero-order chi connectivity index (χ0) is 12.5. The van der Waals surface area contributed by atoms with Crippen molar-refractivity contribution < 1.29 is 26.9 Å². The maximum Gasteiger partial charge on any atom is 0.446 e. The summed E-state index contributed by atoms with van der Waals surface area (Å²) in [5, 5.41) is 10.2. The Kier molecular flexibility index (Phi) is 3.36. The Morgan fingerprint density at radius 2 is 1.81 bits per heavy atom. The van der Waals surface area contributed by atoms with Crippen molar-refractivity contribution in [3.8, 4) is 0 Å². The molecule has 0 aliphatic heterocycles. The molecule has 0 aliphatic carbocycles. The van der Waals surface area contributed by atoms with Crippen molar-refractivity contribution in [2.75, 3.05) is 0 Å². The summed E-state index contributed by atoms with van der Waals surface area (Å²) >= 11 is -1.07. The molecule has 0 aromatic heterocycles. The van der Waals surface area contributed by atoms with E-state index in [0.717, 1.165) is 0 Å². The van der Waals surface area contributed by atoms with Crippen LogP contribution in [0.3, 0.4) is 0 Å². The van der Waals surface area contributed by atoms with Crippen LogP contribution in [0.15, 0.2) is 17.0 Å². The second kappa shape index (κ2) is 4.24. The quantitative estimate of drug-likeness (QED) is 0.353. The largest absolute Gasteiger partial charge is 0.446 e. The van der Waals surface area contributed by atoms with Crippen LogP contribution in [0, 0.1) is 21.7 Å². The van der Waals surface area contributed by atoms with Crippen molar-refractivity contribution in [3.63, 3.8) is 0 Å². The lowest BCUT2D eigenvalue weighted by molar-refractivity contribution is -0.387. The maximum atomic E-state index is 13.1. The Bertz CT molecular complexity index is 434. The van der Waals surface area contributed by atoms with Gasteiger partial charge in [0.15, 0.2) is 0 Å². The maximum absolute atomic E-state index is 13.1. The van der Waals surface area contributed by atoms with E-state index in [9.17, 15) is 32.1 Å². The van der Waals surface area contributed by atoms with Crippen LogP contribution < -0.4 is 0 Å². The van der Waals surface area contributed by atoms with Gasteiger partial charge in [-0.1, -0.05) is 0 Å². The molecule has 9 heteroatoms. The van der Waals surface area contributed by atoms with Gasteiger partial charge in [0.05, 0.1) is 9.82 Å². The molecule has 0 amide bonds. The van der Waals surface area contributed by atoms with Crippen LogP contribution in [0.4, 0.5) is 27.6 Å². The number of thioether (sulfide) groups is 1. The number of nitro benzene ring substituents is 1. The SMILES string of the molecule is O=[N+]([O-])c1ccc(F)c(SC(F)(F)F)c1F. The molecule has 0 aliphatic rings. The molecule has 0 unspecified atom stereocenters. The van der Waals surface area contributed by atoms with E-state index in [1.54, 1.807) is 0 Å². The summed E-state index contributed by atoms with van der Waals surface area (Å²) in [5.41, 5.74) is -6.12. The molecule has 1 aromatic rings. The van der Waals surface area contributed by atoms with E-state index in [4.69, 9.17) is 0 Å². The van der Waals surface area contributed by atoms with Crippen LogP contribution in [0.1, 0.15) is 0 Å². The Morgan fingerprint density at radius 3 is 2.25 bits per heavy atom. The first-order chi connectivity index (χ1) is 7.22. The van der Waals surface area contributed by atoms with Gasteiger partial charge in [0, 0.05) is 6.07 Å². The number of halogens is 5. The van der Waals surface area contributed by atoms with E-state index in [1.807, 2.05) is 0 Å². The molecule has 0 saturated heterocycles. The Balaban J connectivity index is 3.27. The fourth-order valence-corrected chi connectivity index (χ4v) is 1.46. The van der Waals surface area contributed by atoms with E-state index in [1.165, 1.54) is 0 Å². The molecule has 1 aromatic carbocycles. The first-order valence-electron chi connectivity index (χ1n) is 3.60. The second-order valence-corrected chi connectivity index (χ2v) is 3.59. The first-order valence-corrected chi connectivity index (χ1v) is 4.42. The molecule has 88 valence electrons. The molecular formula is C7H2F5NO2S. The van der Waals surface area contributed by atoms with Gasteiger partial charge in [0.25, 0.3) is 0 Å². The fourth-order valence-electron chi connectivity index (χ4n) is 0.872. The summed E-state index contributed by atoms with van der Waals surface area (Å²) in [5.74, 6) is -3.32. The number of benzene rings is 1. The van der Waals surface area contributed by atoms with Gasteiger partial charge in [0.1, 0.15) is 5.82 Å². The van der Waals surface area contributed by atoms with E-state index in [-0.39, 0.29) is 0 Å². The highest BCUT2D eigenvalue weighted by atomic mass is 32.2. The number of hydrogen-bond acceptors (Lipinski definition) is 3. The number of nitrogens with zero attached hydrogens (tertiary/aromatic N) is 1. The minimum absolute atomic E-state index is 0.412. The standard InChI is InChI=1S/C7H2F5NO2S/c8-3-1-2-4(13(14)15)5(9)6(3)16-7(10,11)12/h1-2H. The smallest absolute Gasteiger partial charge is 0.258 e. The van der Waals surface area contributed by atoms with E-state index < -0.39 is 44.4 Å². The van der Waals surface area contributed by atoms with Crippen LogP contribution >= 0.6 is 11.8 Å². The van der Waals surface area contributed by atoms with Crippen LogP contribution in [0.5, 0.6) is 0 Å². The Morgan fingerprint density at radius 1 is 1.25 bits per heavy atom. The third kappa shape index (κ3) is 2.81. The van der Waals surface area contributed by atoms with Gasteiger partial charge in [-0.05, 0) is 17.8 Å². The fraction of sp³-hybridized carbons (Fsp3) is 0.143. The monoisotopic (exact) mass is 259 g/mol. The third-order valence-electron chi connectivity index (χ3n) is 1.44. The summed E-state index contributed by atoms with van der Waals surface area (Å²) < 4.78 is 61.6. The molecule has 0 heterocycles. The van der Waals surface area contributed by atoms with Gasteiger partial charge >= 0.3 is 11.2 Å². The van der Waals surface area contributed by atoms with Gasteiger partial charge in [-0.15, -0.1) is 0 Å². The van der Waals surface area contributed by atoms with Crippen molar-refractivity contribution in [3.05, 3.63) is 33.9 Å². The van der Waals surface area contributed by atoms with E-state index in [2.05, 4.69) is 0 Å². The van der Waals surface area contributed by atoms with Crippen molar-refractivity contribution >= 4 is 17.4 Å². The topological polar surface area (TPSA) is 43.1 Å². The summed E-state index contributed by atoms with van der Waals surface area (Å²) in [6.45, 7) is 0. The van der Waals surface area contributed by atoms with Crippen molar-refractivity contribution in [2.45, 2.75) is 10.4 Å². The zero-order valence-electron chi connectivity index (χ0n) is 7.22. The molecular weight excluding hydrogens is 257 g/mol. The first kappa shape index (κ1) is 12.7. The summed E-state index contributed by atoms with van der Waals surface area (Å²) in [6, 6.07) is 0.875. The molecule has 1 rings (SSSR count). The minimum Gasteiger partial charge on any atom is -0.258 e. The summed E-state index contributed by atoms with van der Waals surface area (Å²) in [7, 11) is 0. The van der Waals surface area contributed by atoms with Gasteiger partial charge in [-0.25, -0.2) is 4.39 Å². The average molecular weight is 259 g/mol. The lowest BCUT2D eigenvalue weighted by Gasteiger charge is -2.07. The lowest BCUT2D eigenvalue weighted by atomic mass is 10.3. The lowest BCUT2D eigenvalue weighted by Crippen LogP contribution is -2.04. The highest BCUT2D eigenvalue weighted by Crippen LogP contribution is 2.41. The Labute approximate surface area is 89.4 Å². The molecule has 0 radical (unpaired) electrons. The van der Waals surface area contributed by atoms with Gasteiger partial charge in [-0.3, -0.25) is 10.1 Å². The molecule has 3 nitrogen and oxygen atoms in total. The highest BCUT2D eigenvalue weighted by molar-refractivity contribution is 8.00. The average Bonchev–Trinajstić information content (AvgIpc) is 2.10. The second-order valence-electron chi connectivity index (χ2n) is 2.51. The molecule has 16 heavy (non-hydrogen) atoms. The van der Waals surface area contributed by atoms with Crippen molar-refractivity contribution in [2.24, 2.45) is 0 Å². The van der Waals surface area contributed by atoms with Gasteiger partial charge in [0.2, 0.25) is 5.82 Å². The number of hydrogen-bond donors (Lipinski definition) is 0. The predicted octanol–water partition coefficient (Wildman–Crippen LogP) is 3.48. The number of nitro groups is 1. The Hall–Kier alpha value is -1.38. The molecule has 0 spiro atoms. The third-order valence-corrected chi connectivity index (χ3v) is 2.25. The van der Waals surface area contributed by atoms with Gasteiger partial charge in [-0.2, -0.15) is 17.6 Å². The molecule has 0 atom stereocenters. The van der Waals surface area contributed by atoms with Crippen molar-refractivity contribution in [1.29, 1.82) is 0 Å². The molecule has 0 fully saturated rings. The van der Waals surface area contributed by atoms with Crippen LogP contribution in [0.25, 0.3) is 0 Å². The van der Waals surface area contributed by atoms with Gasteiger partial charge < -0.3 is 0 Å². The molecule has 0 bridgehead atoms. The van der Waals surface area contributed by atoms with Crippen LogP contribution in [-0.2, 0) is 0 Å². The normalized spacial score (nSPS) is 11.6. The van der Waals surface area contributed by atoms with E-state index in [0.29, 0.717) is 12.1 Å². The molecule has 0 saturated carbocycles. The zero-order valence-corrected chi connectivity index (χ0v) is 8.03. The summed E-state index contributed by atoms with van der Waals surface area (Å²) in [4.78, 5) is 7.55. The van der Waals surface area contributed by atoms with Crippen molar-refractivity contribution in [1.82, 2.24) is 0 Å². The highest BCUT2D eigenvalue weighted by Gasteiger charge is 2.34.